The molecular formula is C21H18N4O2S. The van der Waals surface area contributed by atoms with Crippen LogP contribution in [-0.4, -0.2) is 22.0 Å². The van der Waals surface area contributed by atoms with Gasteiger partial charge in [-0.1, -0.05) is 24.3 Å². The molecule has 4 aromatic rings. The number of carbonyl (C=O) groups excluding carboxylic acids is 1. The van der Waals surface area contributed by atoms with Crippen LogP contribution in [0.15, 0.2) is 60.8 Å². The molecule has 4 rings (SSSR count). The molecule has 0 aliphatic carbocycles. The number of ether oxygens (including phenoxy) is 1. The molecule has 7 heteroatoms. The predicted molar refractivity (Wildman–Crippen MR) is 112 cm³/mol. The Labute approximate surface area is 165 Å². The first-order valence-corrected chi connectivity index (χ1v) is 9.51. The normalized spacial score (nSPS) is 12.0. The van der Waals surface area contributed by atoms with Gasteiger partial charge >= 0.3 is 0 Å². The number of nitrogens with zero attached hydrogens (tertiary/aromatic N) is 2. The summed E-state index contributed by atoms with van der Waals surface area (Å²) in [5.74, 6) is 0.509. The van der Waals surface area contributed by atoms with Crippen LogP contribution in [0.1, 0.15) is 6.92 Å². The Balaban J connectivity index is 1.66. The highest BCUT2D eigenvalue weighted by molar-refractivity contribution is 7.21. The largest absolute Gasteiger partial charge is 0.481 e. The van der Waals surface area contributed by atoms with E-state index in [4.69, 9.17) is 16.2 Å². The summed E-state index contributed by atoms with van der Waals surface area (Å²) < 4.78 is 6.60. The average molecular weight is 390 g/mol. The third-order valence-electron chi connectivity index (χ3n) is 4.34. The predicted octanol–water partition coefficient (Wildman–Crippen LogP) is 3.86. The van der Waals surface area contributed by atoms with Crippen LogP contribution in [0.25, 0.3) is 31.9 Å². The second-order valence-corrected chi connectivity index (χ2v) is 7.36. The molecule has 0 aliphatic rings. The van der Waals surface area contributed by atoms with Gasteiger partial charge in [0.05, 0.1) is 15.8 Å². The van der Waals surface area contributed by atoms with Crippen molar-refractivity contribution in [2.24, 2.45) is 5.73 Å². The highest BCUT2D eigenvalue weighted by Gasteiger charge is 2.13. The van der Waals surface area contributed by atoms with Gasteiger partial charge < -0.3 is 16.2 Å². The number of amides is 1. The molecule has 1 unspecified atom stereocenters. The minimum atomic E-state index is -0.685. The summed E-state index contributed by atoms with van der Waals surface area (Å²) in [7, 11) is 0. The number of thiazole rings is 1. The molecule has 0 aliphatic heterocycles. The summed E-state index contributed by atoms with van der Waals surface area (Å²) >= 11 is 1.59. The van der Waals surface area contributed by atoms with Crippen molar-refractivity contribution in [1.82, 2.24) is 9.97 Å². The standard InChI is InChI=1S/C21H18N4O2S/c1-12(20(23)26)27-15-8-6-13(7-9-15)14-10-16(19(22)24-11-14)21-25-17-4-2-3-5-18(17)28-21/h2-12H,1H3,(H2,22,24)(H2,23,26). The quantitative estimate of drug-likeness (QED) is 0.538. The van der Waals surface area contributed by atoms with Crippen molar-refractivity contribution in [3.05, 3.63) is 60.8 Å². The fourth-order valence-corrected chi connectivity index (χ4v) is 3.77. The lowest BCUT2D eigenvalue weighted by atomic mass is 10.1. The van der Waals surface area contributed by atoms with Gasteiger partial charge in [-0.05, 0) is 42.8 Å². The first-order valence-electron chi connectivity index (χ1n) is 8.69. The van der Waals surface area contributed by atoms with E-state index in [0.29, 0.717) is 11.6 Å². The maximum atomic E-state index is 11.1. The summed E-state index contributed by atoms with van der Waals surface area (Å²) in [5.41, 5.74) is 15.0. The third kappa shape index (κ3) is 3.52. The molecule has 0 radical (unpaired) electrons. The maximum Gasteiger partial charge on any atom is 0.258 e. The van der Waals surface area contributed by atoms with E-state index in [2.05, 4.69) is 9.97 Å². The second-order valence-electron chi connectivity index (χ2n) is 6.33. The molecule has 2 heterocycles. The van der Waals surface area contributed by atoms with Crippen LogP contribution in [0.4, 0.5) is 5.82 Å². The number of benzene rings is 2. The van der Waals surface area contributed by atoms with Crippen LogP contribution in [0.5, 0.6) is 5.75 Å². The van der Waals surface area contributed by atoms with Crippen LogP contribution in [-0.2, 0) is 4.79 Å². The lowest BCUT2D eigenvalue weighted by Crippen LogP contribution is -2.30. The zero-order chi connectivity index (χ0) is 19.7. The van der Waals surface area contributed by atoms with Crippen LogP contribution in [0, 0.1) is 0 Å². The molecular weight excluding hydrogens is 372 g/mol. The molecule has 0 saturated heterocycles. The highest BCUT2D eigenvalue weighted by Crippen LogP contribution is 2.35. The van der Waals surface area contributed by atoms with Gasteiger partial charge in [-0.3, -0.25) is 4.79 Å². The van der Waals surface area contributed by atoms with Gasteiger partial charge in [0.2, 0.25) is 0 Å². The average Bonchev–Trinajstić information content (AvgIpc) is 3.13. The van der Waals surface area contributed by atoms with E-state index in [-0.39, 0.29) is 0 Å². The molecule has 1 atom stereocenters. The molecule has 1 amide bonds. The Kier molecular flexibility index (Phi) is 4.67. The molecule has 0 saturated carbocycles. The number of para-hydroxylation sites is 1. The Bertz CT molecular complexity index is 1120. The van der Waals surface area contributed by atoms with Gasteiger partial charge in [0, 0.05) is 11.8 Å². The fraction of sp³-hybridized carbons (Fsp3) is 0.0952. The van der Waals surface area contributed by atoms with E-state index in [0.717, 1.165) is 31.9 Å². The van der Waals surface area contributed by atoms with Crippen molar-refractivity contribution in [3.8, 4) is 27.4 Å². The van der Waals surface area contributed by atoms with E-state index >= 15 is 0 Å². The summed E-state index contributed by atoms with van der Waals surface area (Å²) in [6.45, 7) is 1.62. The first kappa shape index (κ1) is 17.9. The Morgan fingerprint density at radius 3 is 2.57 bits per heavy atom. The molecule has 28 heavy (non-hydrogen) atoms. The SMILES string of the molecule is CC(Oc1ccc(-c2cnc(N)c(-c3nc4ccccc4s3)c2)cc1)C(N)=O. The van der Waals surface area contributed by atoms with Crippen LogP contribution in [0.2, 0.25) is 0 Å². The molecule has 0 spiro atoms. The summed E-state index contributed by atoms with van der Waals surface area (Å²) in [5, 5.41) is 0.836. The molecule has 140 valence electrons. The molecule has 0 fully saturated rings. The minimum Gasteiger partial charge on any atom is -0.481 e. The van der Waals surface area contributed by atoms with Crippen molar-refractivity contribution in [2.45, 2.75) is 13.0 Å². The summed E-state index contributed by atoms with van der Waals surface area (Å²) in [6.07, 6.45) is 1.04. The van der Waals surface area contributed by atoms with E-state index in [9.17, 15) is 4.79 Å². The number of nitrogens with two attached hydrogens (primary N) is 2. The lowest BCUT2D eigenvalue weighted by molar-refractivity contribution is -0.123. The number of carbonyl (C=O) groups is 1. The first-order chi connectivity index (χ1) is 13.5. The molecule has 0 bridgehead atoms. The monoisotopic (exact) mass is 390 g/mol. The highest BCUT2D eigenvalue weighted by atomic mass is 32.1. The second kappa shape index (κ2) is 7.28. The number of hydrogen-bond donors (Lipinski definition) is 2. The van der Waals surface area contributed by atoms with Gasteiger partial charge in [-0.15, -0.1) is 11.3 Å². The number of aromatic nitrogens is 2. The third-order valence-corrected chi connectivity index (χ3v) is 5.41. The van der Waals surface area contributed by atoms with Crippen molar-refractivity contribution < 1.29 is 9.53 Å². The van der Waals surface area contributed by atoms with Crippen molar-refractivity contribution in [3.63, 3.8) is 0 Å². The fourth-order valence-electron chi connectivity index (χ4n) is 2.78. The maximum absolute atomic E-state index is 11.1. The van der Waals surface area contributed by atoms with Crippen LogP contribution in [0.3, 0.4) is 0 Å². The Morgan fingerprint density at radius 1 is 1.11 bits per heavy atom. The number of fused-ring (bicyclic) bond motifs is 1. The van der Waals surface area contributed by atoms with Crippen LogP contribution >= 0.6 is 11.3 Å². The summed E-state index contributed by atoms with van der Waals surface area (Å²) in [6, 6.07) is 17.4. The van der Waals surface area contributed by atoms with Crippen molar-refractivity contribution in [2.75, 3.05) is 5.73 Å². The minimum absolute atomic E-state index is 0.443. The van der Waals surface area contributed by atoms with Gasteiger partial charge in [0.1, 0.15) is 16.6 Å². The number of primary amides is 1. The number of rotatable bonds is 5. The smallest absolute Gasteiger partial charge is 0.258 e. The number of anilines is 1. The summed E-state index contributed by atoms with van der Waals surface area (Å²) in [4.78, 5) is 20.2. The van der Waals surface area contributed by atoms with E-state index in [1.54, 1.807) is 36.6 Å². The van der Waals surface area contributed by atoms with Gasteiger partial charge in [0.25, 0.3) is 5.91 Å². The van der Waals surface area contributed by atoms with Gasteiger partial charge in [0.15, 0.2) is 6.10 Å². The molecule has 6 nitrogen and oxygen atoms in total. The zero-order valence-electron chi connectivity index (χ0n) is 15.1. The lowest BCUT2D eigenvalue weighted by Gasteiger charge is -2.12. The zero-order valence-corrected chi connectivity index (χ0v) is 15.9. The molecule has 4 N–H and O–H groups in total. The Morgan fingerprint density at radius 2 is 1.86 bits per heavy atom. The van der Waals surface area contributed by atoms with Crippen LogP contribution < -0.4 is 16.2 Å². The number of pyridine rings is 1. The van der Waals surface area contributed by atoms with Gasteiger partial charge in [-0.25, -0.2) is 9.97 Å². The topological polar surface area (TPSA) is 104 Å². The van der Waals surface area contributed by atoms with Crippen molar-refractivity contribution in [1.29, 1.82) is 0 Å². The van der Waals surface area contributed by atoms with E-state index < -0.39 is 12.0 Å². The molecule has 2 aromatic heterocycles. The number of hydrogen-bond acceptors (Lipinski definition) is 6. The van der Waals surface area contributed by atoms with Gasteiger partial charge in [-0.2, -0.15) is 0 Å². The molecule has 2 aromatic carbocycles. The number of nitrogen functional groups attached to an aromatic ring is 1. The van der Waals surface area contributed by atoms with E-state index in [1.807, 2.05) is 42.5 Å². The Hall–Kier alpha value is -3.45. The van der Waals surface area contributed by atoms with Crippen molar-refractivity contribution >= 4 is 33.3 Å². The van der Waals surface area contributed by atoms with E-state index in [1.165, 1.54) is 0 Å².